The van der Waals surface area contributed by atoms with E-state index in [1.807, 2.05) is 36.1 Å². The molecule has 1 unspecified atom stereocenters. The number of hydrogen-bond donors (Lipinski definition) is 4. The van der Waals surface area contributed by atoms with Gasteiger partial charge < -0.3 is 21.3 Å². The number of guanidine groups is 1. The number of primary sulfonamides is 1. The van der Waals surface area contributed by atoms with Crippen LogP contribution in [0.25, 0.3) is 0 Å². The molecule has 0 fully saturated rings. The van der Waals surface area contributed by atoms with Crippen LogP contribution in [0.2, 0.25) is 5.02 Å². The maximum absolute atomic E-state index is 11.9. The highest BCUT2D eigenvalue weighted by molar-refractivity contribution is 7.89. The molecule has 0 saturated carbocycles. The third-order valence-corrected chi connectivity index (χ3v) is 5.44. The normalized spacial score (nSPS) is 17.0. The molecule has 3 rings (SSSR count). The number of sulfonamides is 1. The molecule has 0 spiro atoms. The quantitative estimate of drug-likeness (QED) is 0.463. The topological polar surface area (TPSA) is 126 Å². The number of anilines is 3. The molecule has 0 aromatic heterocycles. The van der Waals surface area contributed by atoms with Gasteiger partial charge in [0.1, 0.15) is 4.90 Å². The molecule has 26 heavy (non-hydrogen) atoms. The average molecular weight is 395 g/mol. The van der Waals surface area contributed by atoms with Gasteiger partial charge in [0.25, 0.3) is 0 Å². The van der Waals surface area contributed by atoms with Gasteiger partial charge in [-0.3, -0.25) is 4.99 Å². The Morgan fingerprint density at radius 3 is 2.62 bits per heavy atom. The summed E-state index contributed by atoms with van der Waals surface area (Å²) in [6, 6.07) is 10.7. The van der Waals surface area contributed by atoms with Crippen LogP contribution < -0.4 is 26.4 Å². The Kier molecular flexibility index (Phi) is 4.70. The molecule has 0 amide bonds. The van der Waals surface area contributed by atoms with Crippen LogP contribution in [0.15, 0.2) is 46.3 Å². The van der Waals surface area contributed by atoms with E-state index in [2.05, 4.69) is 15.6 Å². The molecule has 2 aromatic rings. The van der Waals surface area contributed by atoms with Crippen LogP contribution in [0.4, 0.5) is 17.1 Å². The molecule has 0 saturated heterocycles. The molecule has 0 radical (unpaired) electrons. The van der Waals surface area contributed by atoms with Crippen molar-refractivity contribution in [2.24, 2.45) is 15.9 Å². The molecule has 1 heterocycles. The van der Waals surface area contributed by atoms with Gasteiger partial charge in [-0.1, -0.05) is 29.8 Å². The Labute approximate surface area is 156 Å². The summed E-state index contributed by atoms with van der Waals surface area (Å²) in [5.74, 6) is 0.228. The molecular formula is C16H19ClN6O2S. The predicted molar refractivity (Wildman–Crippen MR) is 104 cm³/mol. The Hall–Kier alpha value is -2.49. The maximum Gasteiger partial charge on any atom is 0.239 e. The number of benzene rings is 2. The Morgan fingerprint density at radius 1 is 1.31 bits per heavy atom. The van der Waals surface area contributed by atoms with Crippen LogP contribution in [-0.4, -0.2) is 27.7 Å². The molecule has 1 atom stereocenters. The van der Waals surface area contributed by atoms with E-state index in [-0.39, 0.29) is 15.9 Å². The van der Waals surface area contributed by atoms with Gasteiger partial charge >= 0.3 is 0 Å². The minimum absolute atomic E-state index is 0.0428. The second kappa shape index (κ2) is 6.67. The maximum atomic E-state index is 11.9. The van der Waals surface area contributed by atoms with Crippen molar-refractivity contribution < 1.29 is 8.42 Å². The number of nitrogens with one attached hydrogen (secondary N) is 2. The van der Waals surface area contributed by atoms with E-state index in [9.17, 15) is 8.42 Å². The zero-order valence-corrected chi connectivity index (χ0v) is 15.8. The molecule has 1 aliphatic heterocycles. The lowest BCUT2D eigenvalue weighted by Gasteiger charge is -2.29. The van der Waals surface area contributed by atoms with Crippen molar-refractivity contribution >= 4 is 44.6 Å². The summed E-state index contributed by atoms with van der Waals surface area (Å²) in [4.78, 5) is 5.65. The Bertz CT molecular complexity index is 992. The second-order valence-corrected chi connectivity index (χ2v) is 7.74. The van der Waals surface area contributed by atoms with Gasteiger partial charge in [0.15, 0.2) is 12.2 Å². The summed E-state index contributed by atoms with van der Waals surface area (Å²) in [5.41, 5.74) is 8.93. The number of para-hydroxylation sites is 1. The zero-order chi connectivity index (χ0) is 19.1. The molecule has 2 aromatic carbocycles. The number of nitrogens with zero attached hydrogens (tertiary/aromatic N) is 2. The van der Waals surface area contributed by atoms with Crippen LogP contribution in [0.5, 0.6) is 0 Å². The van der Waals surface area contributed by atoms with Gasteiger partial charge in [0.05, 0.1) is 16.4 Å². The monoisotopic (exact) mass is 394 g/mol. The molecule has 1 aliphatic rings. The largest absolute Gasteiger partial charge is 0.370 e. The lowest BCUT2D eigenvalue weighted by Crippen LogP contribution is -2.50. The number of hydrogen-bond acceptors (Lipinski definition) is 5. The molecule has 0 bridgehead atoms. The molecule has 0 aliphatic carbocycles. The van der Waals surface area contributed by atoms with Crippen LogP contribution in [0.3, 0.4) is 0 Å². The Balaban J connectivity index is 2.19. The molecular weight excluding hydrogens is 376 g/mol. The fourth-order valence-electron chi connectivity index (χ4n) is 2.83. The van der Waals surface area contributed by atoms with Crippen molar-refractivity contribution in [2.45, 2.75) is 18.1 Å². The SMILES string of the molecule is CN=C(N)NC1Nc2cc(Cl)c(S(N)(=O)=O)cc2N1c1ccccc1C. The molecule has 138 valence electrons. The summed E-state index contributed by atoms with van der Waals surface area (Å²) in [6.07, 6.45) is -0.485. The zero-order valence-electron chi connectivity index (χ0n) is 14.2. The first-order valence-electron chi connectivity index (χ1n) is 7.69. The van der Waals surface area contributed by atoms with Crippen molar-refractivity contribution in [3.8, 4) is 0 Å². The van der Waals surface area contributed by atoms with Gasteiger partial charge in [0.2, 0.25) is 10.0 Å². The Morgan fingerprint density at radius 2 is 2.00 bits per heavy atom. The lowest BCUT2D eigenvalue weighted by molar-refractivity contribution is 0.598. The van der Waals surface area contributed by atoms with Crippen molar-refractivity contribution in [3.05, 3.63) is 47.0 Å². The number of nitrogens with two attached hydrogens (primary N) is 2. The summed E-state index contributed by atoms with van der Waals surface area (Å²) >= 11 is 6.11. The molecule has 8 nitrogen and oxygen atoms in total. The predicted octanol–water partition coefficient (Wildman–Crippen LogP) is 1.68. The third kappa shape index (κ3) is 3.28. The van der Waals surface area contributed by atoms with E-state index in [1.165, 1.54) is 12.1 Å². The summed E-state index contributed by atoms with van der Waals surface area (Å²) < 4.78 is 23.7. The standard InChI is InChI=1S/C16H19ClN6O2S/c1-9-5-3-4-6-12(9)23-13-8-14(26(19,24)25)10(17)7-11(13)21-16(23)22-15(18)20-2/h3-8,16,21H,1-2H3,(H3,18,20,22)(H2,19,24,25). The highest BCUT2D eigenvalue weighted by Crippen LogP contribution is 2.43. The van der Waals surface area contributed by atoms with Crippen LogP contribution in [0.1, 0.15) is 5.56 Å². The average Bonchev–Trinajstić information content (AvgIpc) is 2.90. The van der Waals surface area contributed by atoms with Crippen molar-refractivity contribution in [1.29, 1.82) is 0 Å². The minimum atomic E-state index is -3.97. The smallest absolute Gasteiger partial charge is 0.239 e. The van der Waals surface area contributed by atoms with Crippen molar-refractivity contribution in [3.63, 3.8) is 0 Å². The number of halogens is 1. The second-order valence-electron chi connectivity index (χ2n) is 5.80. The van der Waals surface area contributed by atoms with E-state index in [4.69, 9.17) is 22.5 Å². The van der Waals surface area contributed by atoms with E-state index in [0.29, 0.717) is 11.4 Å². The highest BCUT2D eigenvalue weighted by Gasteiger charge is 2.33. The number of rotatable bonds is 3. The lowest BCUT2D eigenvalue weighted by atomic mass is 10.1. The first kappa shape index (κ1) is 18.3. The fourth-order valence-corrected chi connectivity index (χ4v) is 3.93. The minimum Gasteiger partial charge on any atom is -0.370 e. The van der Waals surface area contributed by atoms with Crippen LogP contribution in [0, 0.1) is 6.92 Å². The summed E-state index contributed by atoms with van der Waals surface area (Å²) in [5, 5.41) is 11.6. The van der Waals surface area contributed by atoms with Gasteiger partial charge in [0, 0.05) is 12.7 Å². The molecule has 6 N–H and O–H groups in total. The fraction of sp³-hybridized carbons (Fsp3) is 0.188. The van der Waals surface area contributed by atoms with Crippen molar-refractivity contribution in [1.82, 2.24) is 5.32 Å². The van der Waals surface area contributed by atoms with Crippen molar-refractivity contribution in [2.75, 3.05) is 17.3 Å². The summed E-state index contributed by atoms with van der Waals surface area (Å²) in [7, 11) is -2.40. The van der Waals surface area contributed by atoms with Gasteiger partial charge in [-0.25, -0.2) is 13.6 Å². The van der Waals surface area contributed by atoms with E-state index >= 15 is 0 Å². The van der Waals surface area contributed by atoms with Crippen LogP contribution in [-0.2, 0) is 10.0 Å². The molecule has 10 heteroatoms. The van der Waals surface area contributed by atoms with Gasteiger partial charge in [-0.2, -0.15) is 0 Å². The van der Waals surface area contributed by atoms with E-state index in [1.54, 1.807) is 7.05 Å². The highest BCUT2D eigenvalue weighted by atomic mass is 35.5. The number of aliphatic imine (C=N–C) groups is 1. The van der Waals surface area contributed by atoms with Gasteiger partial charge in [-0.15, -0.1) is 0 Å². The van der Waals surface area contributed by atoms with E-state index in [0.717, 1.165) is 11.3 Å². The van der Waals surface area contributed by atoms with E-state index < -0.39 is 16.3 Å². The summed E-state index contributed by atoms with van der Waals surface area (Å²) in [6.45, 7) is 1.96. The number of aryl methyl sites for hydroxylation is 1. The van der Waals surface area contributed by atoms with Gasteiger partial charge in [-0.05, 0) is 30.7 Å². The first-order chi connectivity index (χ1) is 12.2. The number of fused-ring (bicyclic) bond motifs is 1. The first-order valence-corrected chi connectivity index (χ1v) is 9.61. The van der Waals surface area contributed by atoms with Crippen LogP contribution >= 0.6 is 11.6 Å². The third-order valence-electron chi connectivity index (χ3n) is 4.07.